The molecule has 0 aliphatic heterocycles. The molecule has 0 aliphatic carbocycles. The molecule has 0 bridgehead atoms. The fraction of sp³-hybridized carbons (Fsp3) is 0.700. The van der Waals surface area contributed by atoms with E-state index in [0.29, 0.717) is 0 Å². The number of aryl methyl sites for hydroxylation is 1. The van der Waals surface area contributed by atoms with Crippen LogP contribution in [0.4, 0.5) is 0 Å². The van der Waals surface area contributed by atoms with Gasteiger partial charge >= 0.3 is 0 Å². The van der Waals surface area contributed by atoms with Crippen LogP contribution in [-0.4, -0.2) is 11.3 Å². The Morgan fingerprint density at radius 1 is 1.36 bits per heavy atom. The number of thiazole rings is 1. The van der Waals surface area contributed by atoms with Gasteiger partial charge in [0.1, 0.15) is 6.61 Å². The van der Waals surface area contributed by atoms with Crippen molar-refractivity contribution in [3.8, 4) is 0 Å². The van der Waals surface area contributed by atoms with Crippen LogP contribution in [0.1, 0.15) is 36.8 Å². The third-order valence-electron chi connectivity index (χ3n) is 2.19. The molecule has 0 aromatic carbocycles. The molecule has 0 N–H and O–H groups in total. The molecule has 2 nitrogen and oxygen atoms in total. The minimum atomic E-state index is 0.763. The molecule has 14 heavy (non-hydrogen) atoms. The molecule has 0 saturated heterocycles. The number of hydrogen-bond donors (Lipinski definition) is 0. The van der Waals surface area contributed by atoms with Gasteiger partial charge in [0, 0.05) is 4.88 Å². The van der Waals surface area contributed by atoms with Crippen LogP contribution in [0.15, 0.2) is 0 Å². The summed E-state index contributed by atoms with van der Waals surface area (Å²) in [6.07, 6.45) is 3.54. The first kappa shape index (κ1) is 11.7. The van der Waals surface area contributed by atoms with Crippen molar-refractivity contribution in [2.45, 2.75) is 40.0 Å². The highest BCUT2D eigenvalue weighted by Gasteiger charge is 2.04. The Balaban J connectivity index is 2.54. The third-order valence-corrected chi connectivity index (χ3v) is 3.55. The Labute approximate surface area is 94.5 Å². The lowest BCUT2D eigenvalue weighted by Crippen LogP contribution is -2.14. The van der Waals surface area contributed by atoms with Gasteiger partial charge in [0.25, 0.3) is 0 Å². The van der Waals surface area contributed by atoms with Gasteiger partial charge in [-0.3, -0.25) is 0 Å². The van der Waals surface area contributed by atoms with Crippen molar-refractivity contribution >= 4 is 23.6 Å². The molecular formula is C10H17NOS2. The summed E-state index contributed by atoms with van der Waals surface area (Å²) >= 11 is 6.81. The maximum atomic E-state index is 5.61. The first-order valence-electron chi connectivity index (χ1n) is 4.99. The van der Waals surface area contributed by atoms with Gasteiger partial charge in [-0.15, -0.1) is 11.3 Å². The van der Waals surface area contributed by atoms with E-state index in [1.165, 1.54) is 17.7 Å². The van der Waals surface area contributed by atoms with Crippen molar-refractivity contribution in [3.05, 3.63) is 14.5 Å². The van der Waals surface area contributed by atoms with Crippen molar-refractivity contribution in [2.24, 2.45) is 0 Å². The summed E-state index contributed by atoms with van der Waals surface area (Å²) in [6, 6.07) is 0. The van der Waals surface area contributed by atoms with Gasteiger partial charge in [0.2, 0.25) is 0 Å². The molecule has 0 radical (unpaired) electrons. The van der Waals surface area contributed by atoms with Crippen molar-refractivity contribution in [2.75, 3.05) is 6.61 Å². The van der Waals surface area contributed by atoms with Gasteiger partial charge in [-0.2, -0.15) is 4.73 Å². The summed E-state index contributed by atoms with van der Waals surface area (Å²) in [6.45, 7) is 7.06. The monoisotopic (exact) mass is 231 g/mol. The number of aromatic nitrogens is 1. The van der Waals surface area contributed by atoms with Gasteiger partial charge < -0.3 is 4.84 Å². The normalized spacial score (nSPS) is 10.5. The molecule has 1 aromatic heterocycles. The highest BCUT2D eigenvalue weighted by atomic mass is 32.1. The standard InChI is InChI=1S/C10H17NOS2/c1-4-5-6-7-12-11-8(2)9(3)14-10(11)13/h4-7H2,1-3H3. The van der Waals surface area contributed by atoms with Crippen LogP contribution in [0.5, 0.6) is 0 Å². The largest absolute Gasteiger partial charge is 0.412 e. The van der Waals surface area contributed by atoms with E-state index in [2.05, 4.69) is 13.8 Å². The van der Waals surface area contributed by atoms with E-state index in [9.17, 15) is 0 Å². The molecule has 0 saturated carbocycles. The van der Waals surface area contributed by atoms with Crippen LogP contribution in [0.3, 0.4) is 0 Å². The van der Waals surface area contributed by atoms with Gasteiger partial charge in [-0.25, -0.2) is 0 Å². The second-order valence-electron chi connectivity index (χ2n) is 3.34. The Morgan fingerprint density at radius 2 is 2.07 bits per heavy atom. The number of hydrogen-bond acceptors (Lipinski definition) is 3. The molecule has 0 fully saturated rings. The van der Waals surface area contributed by atoms with E-state index in [-0.39, 0.29) is 0 Å². The predicted molar refractivity (Wildman–Crippen MR) is 63.6 cm³/mol. The van der Waals surface area contributed by atoms with Gasteiger partial charge in [0.15, 0.2) is 3.95 Å². The first-order valence-corrected chi connectivity index (χ1v) is 6.21. The second kappa shape index (κ2) is 5.51. The van der Waals surface area contributed by atoms with Crippen LogP contribution in [0.25, 0.3) is 0 Å². The summed E-state index contributed by atoms with van der Waals surface area (Å²) in [5.41, 5.74) is 1.14. The van der Waals surface area contributed by atoms with Crippen molar-refractivity contribution in [3.63, 3.8) is 0 Å². The zero-order valence-electron chi connectivity index (χ0n) is 9.00. The average Bonchev–Trinajstić information content (AvgIpc) is 2.38. The van der Waals surface area contributed by atoms with Crippen LogP contribution < -0.4 is 4.84 Å². The average molecular weight is 231 g/mol. The Hall–Kier alpha value is -0.350. The molecule has 1 heterocycles. The summed E-state index contributed by atoms with van der Waals surface area (Å²) in [5, 5.41) is 0. The topological polar surface area (TPSA) is 14.2 Å². The van der Waals surface area contributed by atoms with Crippen LogP contribution in [-0.2, 0) is 0 Å². The minimum Gasteiger partial charge on any atom is -0.412 e. The number of unbranched alkanes of at least 4 members (excludes halogenated alkanes) is 2. The van der Waals surface area contributed by atoms with Gasteiger partial charge in [-0.05, 0) is 32.5 Å². The van der Waals surface area contributed by atoms with E-state index in [4.69, 9.17) is 17.1 Å². The smallest absolute Gasteiger partial charge is 0.196 e. The Bertz CT molecular complexity index is 340. The molecule has 1 rings (SSSR count). The molecular weight excluding hydrogens is 214 g/mol. The maximum absolute atomic E-state index is 5.61. The second-order valence-corrected chi connectivity index (χ2v) is 5.19. The van der Waals surface area contributed by atoms with Crippen LogP contribution in [0, 0.1) is 17.8 Å². The lowest BCUT2D eigenvalue weighted by atomic mass is 10.3. The summed E-state index contributed by atoms with van der Waals surface area (Å²) in [4.78, 5) is 6.85. The summed E-state index contributed by atoms with van der Waals surface area (Å²) < 4.78 is 2.60. The number of nitrogens with zero attached hydrogens (tertiary/aromatic N) is 1. The summed E-state index contributed by atoms with van der Waals surface area (Å²) in [7, 11) is 0. The first-order chi connectivity index (χ1) is 6.66. The van der Waals surface area contributed by atoms with Gasteiger partial charge in [-0.1, -0.05) is 19.8 Å². The van der Waals surface area contributed by atoms with Crippen LogP contribution >= 0.6 is 23.6 Å². The van der Waals surface area contributed by atoms with E-state index in [1.54, 1.807) is 16.1 Å². The van der Waals surface area contributed by atoms with E-state index in [1.807, 2.05) is 6.92 Å². The molecule has 0 unspecified atom stereocenters. The summed E-state index contributed by atoms with van der Waals surface area (Å²) in [5.74, 6) is 0. The predicted octanol–water partition coefficient (Wildman–Crippen LogP) is 3.51. The third kappa shape index (κ3) is 2.82. The van der Waals surface area contributed by atoms with Crippen molar-refractivity contribution in [1.29, 1.82) is 0 Å². The SMILES string of the molecule is CCCCCOn1c(C)c(C)sc1=S. The van der Waals surface area contributed by atoms with E-state index < -0.39 is 0 Å². The Morgan fingerprint density at radius 3 is 2.57 bits per heavy atom. The molecule has 1 aromatic rings. The molecule has 0 aliphatic rings. The lowest BCUT2D eigenvalue weighted by Gasteiger charge is -2.07. The van der Waals surface area contributed by atoms with E-state index in [0.717, 1.165) is 22.7 Å². The minimum absolute atomic E-state index is 0.763. The molecule has 80 valence electrons. The fourth-order valence-corrected chi connectivity index (χ4v) is 2.51. The quantitative estimate of drug-likeness (QED) is 0.568. The molecule has 0 spiro atoms. The molecule has 4 heteroatoms. The highest BCUT2D eigenvalue weighted by Crippen LogP contribution is 2.15. The van der Waals surface area contributed by atoms with Crippen LogP contribution in [0.2, 0.25) is 0 Å². The maximum Gasteiger partial charge on any atom is 0.196 e. The zero-order valence-corrected chi connectivity index (χ0v) is 10.6. The fourth-order valence-electron chi connectivity index (χ4n) is 1.18. The highest BCUT2D eigenvalue weighted by molar-refractivity contribution is 7.73. The Kier molecular flexibility index (Phi) is 4.62. The van der Waals surface area contributed by atoms with Crippen molar-refractivity contribution in [1.82, 2.24) is 4.73 Å². The molecule has 0 atom stereocenters. The zero-order chi connectivity index (χ0) is 10.6. The molecule has 0 amide bonds. The van der Waals surface area contributed by atoms with E-state index >= 15 is 0 Å². The van der Waals surface area contributed by atoms with Crippen molar-refractivity contribution < 1.29 is 4.84 Å². The lowest BCUT2D eigenvalue weighted by molar-refractivity contribution is 0.101. The van der Waals surface area contributed by atoms with Gasteiger partial charge in [0.05, 0.1) is 5.69 Å². The number of rotatable bonds is 5.